The zero-order chi connectivity index (χ0) is 12.5. The van der Waals surface area contributed by atoms with E-state index in [1.165, 1.54) is 0 Å². The Morgan fingerprint density at radius 1 is 1.59 bits per heavy atom. The van der Waals surface area contributed by atoms with Gasteiger partial charge < -0.3 is 10.0 Å². The molecule has 2 rings (SSSR count). The molecule has 0 bridgehead atoms. The van der Waals surface area contributed by atoms with Crippen LogP contribution in [0.15, 0.2) is 18.3 Å². The molecule has 1 saturated heterocycles. The fourth-order valence-electron chi connectivity index (χ4n) is 2.02. The summed E-state index contributed by atoms with van der Waals surface area (Å²) in [6.45, 7) is -0.0354. The maximum absolute atomic E-state index is 11.4. The van der Waals surface area contributed by atoms with Crippen LogP contribution in [0.4, 0.5) is 5.82 Å². The second-order valence-corrected chi connectivity index (χ2v) is 6.58. The molecule has 1 aliphatic heterocycles. The van der Waals surface area contributed by atoms with E-state index in [1.54, 1.807) is 18.3 Å². The van der Waals surface area contributed by atoms with Crippen molar-refractivity contribution in [3.05, 3.63) is 23.9 Å². The summed E-state index contributed by atoms with van der Waals surface area (Å²) in [5, 5.41) is 9.05. The lowest BCUT2D eigenvalue weighted by atomic mass is 10.2. The highest BCUT2D eigenvalue weighted by Gasteiger charge is 2.31. The maximum Gasteiger partial charge on any atom is 0.152 e. The number of hydrogen-bond acceptors (Lipinski definition) is 5. The maximum atomic E-state index is 11.4. The molecule has 1 fully saturated rings. The summed E-state index contributed by atoms with van der Waals surface area (Å²) in [5.74, 6) is 1.15. The van der Waals surface area contributed by atoms with Gasteiger partial charge in [0.15, 0.2) is 9.84 Å². The van der Waals surface area contributed by atoms with E-state index in [2.05, 4.69) is 4.98 Å². The summed E-state index contributed by atoms with van der Waals surface area (Å²) in [5.41, 5.74) is 0.780. The molecule has 0 radical (unpaired) electrons. The predicted molar refractivity (Wildman–Crippen MR) is 65.6 cm³/mol. The average molecular weight is 256 g/mol. The lowest BCUT2D eigenvalue weighted by Crippen LogP contribution is -2.33. The van der Waals surface area contributed by atoms with Crippen molar-refractivity contribution in [2.24, 2.45) is 0 Å². The Morgan fingerprint density at radius 3 is 2.94 bits per heavy atom. The van der Waals surface area contributed by atoms with Gasteiger partial charge >= 0.3 is 0 Å². The Kier molecular flexibility index (Phi) is 3.35. The normalized spacial score (nSPS) is 22.6. The van der Waals surface area contributed by atoms with Crippen molar-refractivity contribution in [3.63, 3.8) is 0 Å². The summed E-state index contributed by atoms with van der Waals surface area (Å²) in [6.07, 6.45) is 2.27. The second kappa shape index (κ2) is 4.62. The van der Waals surface area contributed by atoms with Gasteiger partial charge in [0.25, 0.3) is 0 Å². The van der Waals surface area contributed by atoms with Crippen molar-refractivity contribution in [1.29, 1.82) is 0 Å². The van der Waals surface area contributed by atoms with Crippen molar-refractivity contribution >= 4 is 15.7 Å². The van der Waals surface area contributed by atoms with Gasteiger partial charge in [-0.2, -0.15) is 0 Å². The number of anilines is 1. The number of pyridine rings is 1. The Morgan fingerprint density at radius 2 is 2.35 bits per heavy atom. The molecule has 6 heteroatoms. The zero-order valence-electron chi connectivity index (χ0n) is 9.70. The molecule has 17 heavy (non-hydrogen) atoms. The van der Waals surface area contributed by atoms with Crippen LogP contribution in [-0.4, -0.2) is 43.1 Å². The first-order valence-electron chi connectivity index (χ1n) is 5.51. The van der Waals surface area contributed by atoms with Crippen LogP contribution in [0.25, 0.3) is 0 Å². The smallest absolute Gasteiger partial charge is 0.152 e. The number of rotatable bonds is 3. The third-order valence-electron chi connectivity index (χ3n) is 3.11. The number of aromatic nitrogens is 1. The van der Waals surface area contributed by atoms with E-state index in [0.29, 0.717) is 12.2 Å². The molecule has 1 aliphatic rings. The Bertz CT molecular complexity index is 501. The molecule has 0 saturated carbocycles. The average Bonchev–Trinajstić information content (AvgIpc) is 2.69. The molecule has 0 aliphatic carbocycles. The van der Waals surface area contributed by atoms with E-state index in [1.807, 2.05) is 11.9 Å². The van der Waals surface area contributed by atoms with E-state index >= 15 is 0 Å². The molecule has 1 aromatic heterocycles. The van der Waals surface area contributed by atoms with Crippen molar-refractivity contribution in [2.75, 3.05) is 23.5 Å². The van der Waals surface area contributed by atoms with Crippen LogP contribution in [0.5, 0.6) is 0 Å². The minimum absolute atomic E-state index is 0.0126. The highest BCUT2D eigenvalue weighted by Crippen LogP contribution is 2.21. The van der Waals surface area contributed by atoms with Crippen molar-refractivity contribution in [3.8, 4) is 0 Å². The summed E-state index contributed by atoms with van der Waals surface area (Å²) in [6, 6.07) is 3.51. The molecular weight excluding hydrogens is 240 g/mol. The standard InChI is InChI=1S/C11H16N2O3S/c1-13(10-3-5-17(15,16)8-10)11-6-9(7-14)2-4-12-11/h2,4,6,10,14H,3,5,7-8H2,1H3. The Balaban J connectivity index is 2.17. The van der Waals surface area contributed by atoms with E-state index in [4.69, 9.17) is 5.11 Å². The lowest BCUT2D eigenvalue weighted by Gasteiger charge is -2.24. The second-order valence-electron chi connectivity index (χ2n) is 4.35. The van der Waals surface area contributed by atoms with E-state index < -0.39 is 9.84 Å². The molecule has 5 nitrogen and oxygen atoms in total. The van der Waals surface area contributed by atoms with Crippen LogP contribution in [0.2, 0.25) is 0 Å². The first-order chi connectivity index (χ1) is 8.02. The molecule has 1 unspecified atom stereocenters. The summed E-state index contributed by atoms with van der Waals surface area (Å²) in [7, 11) is -1.04. The van der Waals surface area contributed by atoms with Gasteiger partial charge in [0.2, 0.25) is 0 Å². The predicted octanol–water partition coefficient (Wildman–Crippen LogP) is 0.197. The van der Waals surface area contributed by atoms with Crippen LogP contribution in [-0.2, 0) is 16.4 Å². The van der Waals surface area contributed by atoms with Gasteiger partial charge in [-0.15, -0.1) is 0 Å². The van der Waals surface area contributed by atoms with Gasteiger partial charge in [0.1, 0.15) is 5.82 Å². The van der Waals surface area contributed by atoms with Crippen molar-refractivity contribution in [1.82, 2.24) is 4.98 Å². The minimum Gasteiger partial charge on any atom is -0.392 e. The molecule has 1 atom stereocenters. The number of aliphatic hydroxyl groups is 1. The molecule has 0 spiro atoms. The molecule has 1 aromatic rings. The zero-order valence-corrected chi connectivity index (χ0v) is 10.5. The monoisotopic (exact) mass is 256 g/mol. The topological polar surface area (TPSA) is 70.5 Å². The van der Waals surface area contributed by atoms with Gasteiger partial charge in [-0.25, -0.2) is 13.4 Å². The summed E-state index contributed by atoms with van der Waals surface area (Å²) >= 11 is 0. The Labute approximate surface area is 101 Å². The van der Waals surface area contributed by atoms with E-state index in [0.717, 1.165) is 5.56 Å². The highest BCUT2D eigenvalue weighted by atomic mass is 32.2. The fraction of sp³-hybridized carbons (Fsp3) is 0.545. The SMILES string of the molecule is CN(c1cc(CO)ccn1)C1CCS(=O)(=O)C1. The highest BCUT2D eigenvalue weighted by molar-refractivity contribution is 7.91. The molecule has 0 amide bonds. The third kappa shape index (κ3) is 2.76. The first-order valence-corrected chi connectivity index (χ1v) is 7.33. The van der Waals surface area contributed by atoms with Gasteiger partial charge in [0, 0.05) is 19.3 Å². The number of hydrogen-bond donors (Lipinski definition) is 1. The lowest BCUT2D eigenvalue weighted by molar-refractivity contribution is 0.281. The molecule has 94 valence electrons. The van der Waals surface area contributed by atoms with Gasteiger partial charge in [-0.3, -0.25) is 0 Å². The van der Waals surface area contributed by atoms with Crippen LogP contribution >= 0.6 is 0 Å². The number of aliphatic hydroxyl groups excluding tert-OH is 1. The molecule has 1 N–H and O–H groups in total. The number of sulfone groups is 1. The Hall–Kier alpha value is -1.14. The molecular formula is C11H16N2O3S. The quantitative estimate of drug-likeness (QED) is 0.836. The summed E-state index contributed by atoms with van der Waals surface area (Å²) in [4.78, 5) is 6.08. The van der Waals surface area contributed by atoms with Crippen molar-refractivity contribution in [2.45, 2.75) is 19.1 Å². The van der Waals surface area contributed by atoms with Crippen molar-refractivity contribution < 1.29 is 13.5 Å². The largest absolute Gasteiger partial charge is 0.392 e. The third-order valence-corrected chi connectivity index (χ3v) is 4.86. The number of nitrogens with zero attached hydrogens (tertiary/aromatic N) is 2. The van der Waals surface area contributed by atoms with Crippen LogP contribution in [0, 0.1) is 0 Å². The first kappa shape index (κ1) is 12.3. The van der Waals surface area contributed by atoms with Crippen LogP contribution in [0.1, 0.15) is 12.0 Å². The van der Waals surface area contributed by atoms with E-state index in [-0.39, 0.29) is 24.2 Å². The van der Waals surface area contributed by atoms with Crippen LogP contribution in [0.3, 0.4) is 0 Å². The minimum atomic E-state index is -2.88. The molecule has 2 heterocycles. The fourth-order valence-corrected chi connectivity index (χ4v) is 3.79. The van der Waals surface area contributed by atoms with Gasteiger partial charge in [-0.05, 0) is 24.1 Å². The summed E-state index contributed by atoms with van der Waals surface area (Å²) < 4.78 is 22.8. The van der Waals surface area contributed by atoms with Gasteiger partial charge in [0.05, 0.1) is 18.1 Å². The van der Waals surface area contributed by atoms with Crippen LogP contribution < -0.4 is 4.90 Å². The molecule has 0 aromatic carbocycles. The van der Waals surface area contributed by atoms with E-state index in [9.17, 15) is 8.42 Å². The van der Waals surface area contributed by atoms with Gasteiger partial charge in [-0.1, -0.05) is 0 Å².